The minimum atomic E-state index is -0.493. The van der Waals surface area contributed by atoms with Crippen LogP contribution in [0, 0.1) is 5.92 Å². The van der Waals surface area contributed by atoms with Crippen molar-refractivity contribution in [3.05, 3.63) is 35.9 Å². The Labute approximate surface area is 111 Å². The van der Waals surface area contributed by atoms with E-state index < -0.39 is 18.0 Å². The number of likely N-dealkylation sites (tertiary alicyclic amines) is 1. The normalized spacial score (nSPS) is 27.8. The number of fused-ring (bicyclic) bond motifs is 1. The van der Waals surface area contributed by atoms with Crippen molar-refractivity contribution < 1.29 is 14.3 Å². The fourth-order valence-corrected chi connectivity index (χ4v) is 2.77. The Morgan fingerprint density at radius 1 is 1.26 bits per heavy atom. The van der Waals surface area contributed by atoms with Gasteiger partial charge in [0.15, 0.2) is 0 Å². The third-order valence-corrected chi connectivity index (χ3v) is 3.85. The molecule has 0 unspecified atom stereocenters. The Balaban J connectivity index is 1.62. The maximum atomic E-state index is 12.1. The van der Waals surface area contributed by atoms with Gasteiger partial charge in [-0.2, -0.15) is 0 Å². The largest absolute Gasteiger partial charge is 0.445 e. The molecule has 0 aromatic heterocycles. The van der Waals surface area contributed by atoms with E-state index in [0.29, 0.717) is 12.3 Å². The quantitative estimate of drug-likeness (QED) is 0.889. The number of carbonyl (C=O) groups is 2. The highest BCUT2D eigenvalue weighted by atomic mass is 16.6. The monoisotopic (exact) mass is 260 g/mol. The minimum Gasteiger partial charge on any atom is -0.445 e. The molecule has 2 N–H and O–H groups in total. The first-order valence-corrected chi connectivity index (χ1v) is 6.45. The van der Waals surface area contributed by atoms with Crippen LogP contribution in [0.4, 0.5) is 4.79 Å². The van der Waals surface area contributed by atoms with Crippen LogP contribution in [0.3, 0.4) is 0 Å². The third kappa shape index (κ3) is 2.28. The van der Waals surface area contributed by atoms with Crippen LogP contribution in [0.2, 0.25) is 0 Å². The van der Waals surface area contributed by atoms with Gasteiger partial charge in [-0.3, -0.25) is 9.69 Å². The molecule has 1 heterocycles. The number of hydrogen-bond acceptors (Lipinski definition) is 3. The SMILES string of the molecule is NC(=O)[C@H]1C[C@H]2C[C@H]2N1C(=O)OCc1ccccc1. The van der Waals surface area contributed by atoms with Gasteiger partial charge in [-0.05, 0) is 24.3 Å². The van der Waals surface area contributed by atoms with Gasteiger partial charge in [0.2, 0.25) is 5.91 Å². The summed E-state index contributed by atoms with van der Waals surface area (Å²) in [4.78, 5) is 24.9. The maximum Gasteiger partial charge on any atom is 0.411 e. The standard InChI is InChI=1S/C14H16N2O3/c15-13(17)12-7-10-6-11(10)16(12)14(18)19-8-9-4-2-1-3-5-9/h1-5,10-12H,6-8H2,(H2,15,17)/t10-,11-,12-/m1/s1. The van der Waals surface area contributed by atoms with Gasteiger partial charge in [-0.1, -0.05) is 30.3 Å². The molecule has 3 atom stereocenters. The minimum absolute atomic E-state index is 0.153. The number of nitrogens with two attached hydrogens (primary N) is 1. The van der Waals surface area contributed by atoms with E-state index in [1.807, 2.05) is 30.3 Å². The van der Waals surface area contributed by atoms with E-state index in [1.165, 1.54) is 4.90 Å². The van der Waals surface area contributed by atoms with Gasteiger partial charge >= 0.3 is 6.09 Å². The molecule has 1 aliphatic carbocycles. The highest BCUT2D eigenvalue weighted by Crippen LogP contribution is 2.47. The first-order valence-electron chi connectivity index (χ1n) is 6.45. The summed E-state index contributed by atoms with van der Waals surface area (Å²) in [6.07, 6.45) is 1.21. The van der Waals surface area contributed by atoms with Crippen molar-refractivity contribution in [2.24, 2.45) is 11.7 Å². The summed E-state index contributed by atoms with van der Waals surface area (Å²) in [6, 6.07) is 9.13. The Morgan fingerprint density at radius 3 is 2.68 bits per heavy atom. The number of ether oxygens (including phenoxy) is 1. The van der Waals surface area contributed by atoms with Crippen LogP contribution in [0.15, 0.2) is 30.3 Å². The summed E-state index contributed by atoms with van der Waals surface area (Å²) in [5, 5.41) is 0. The van der Waals surface area contributed by atoms with Crippen molar-refractivity contribution in [2.75, 3.05) is 0 Å². The summed E-state index contributed by atoms with van der Waals surface area (Å²) in [5.74, 6) is -0.00867. The lowest BCUT2D eigenvalue weighted by Gasteiger charge is -2.24. The lowest BCUT2D eigenvalue weighted by molar-refractivity contribution is -0.122. The summed E-state index contributed by atoms with van der Waals surface area (Å²) in [6.45, 7) is 0.221. The van der Waals surface area contributed by atoms with Crippen LogP contribution in [-0.2, 0) is 16.1 Å². The molecule has 3 rings (SSSR count). The Bertz CT molecular complexity index is 503. The zero-order valence-corrected chi connectivity index (χ0v) is 10.5. The van der Waals surface area contributed by atoms with E-state index >= 15 is 0 Å². The zero-order chi connectivity index (χ0) is 13.4. The molecule has 5 nitrogen and oxygen atoms in total. The fourth-order valence-electron chi connectivity index (χ4n) is 2.77. The highest BCUT2D eigenvalue weighted by molar-refractivity contribution is 5.85. The average molecular weight is 260 g/mol. The van der Waals surface area contributed by atoms with Crippen molar-refractivity contribution in [3.8, 4) is 0 Å². The lowest BCUT2D eigenvalue weighted by atomic mass is 10.1. The van der Waals surface area contributed by atoms with E-state index in [4.69, 9.17) is 10.5 Å². The second-order valence-corrected chi connectivity index (χ2v) is 5.16. The van der Waals surface area contributed by atoms with Crippen LogP contribution in [0.5, 0.6) is 0 Å². The highest BCUT2D eigenvalue weighted by Gasteiger charge is 2.56. The second kappa shape index (κ2) is 4.57. The predicted molar refractivity (Wildman–Crippen MR) is 68.0 cm³/mol. The molecule has 100 valence electrons. The second-order valence-electron chi connectivity index (χ2n) is 5.16. The molecule has 1 aromatic rings. The van der Waals surface area contributed by atoms with Gasteiger partial charge in [-0.15, -0.1) is 0 Å². The van der Waals surface area contributed by atoms with Gasteiger partial charge in [0.25, 0.3) is 0 Å². The van der Waals surface area contributed by atoms with E-state index in [2.05, 4.69) is 0 Å². The van der Waals surface area contributed by atoms with Crippen molar-refractivity contribution in [2.45, 2.75) is 31.5 Å². The van der Waals surface area contributed by atoms with Gasteiger partial charge in [0, 0.05) is 6.04 Å². The number of hydrogen-bond donors (Lipinski definition) is 1. The molecular formula is C14H16N2O3. The van der Waals surface area contributed by atoms with Gasteiger partial charge in [0.05, 0.1) is 0 Å². The molecule has 1 saturated heterocycles. The first kappa shape index (κ1) is 12.0. The topological polar surface area (TPSA) is 72.6 Å². The van der Waals surface area contributed by atoms with Crippen molar-refractivity contribution in [1.29, 1.82) is 0 Å². The van der Waals surface area contributed by atoms with Crippen LogP contribution < -0.4 is 5.73 Å². The lowest BCUT2D eigenvalue weighted by Crippen LogP contribution is -2.46. The van der Waals surface area contributed by atoms with E-state index in [-0.39, 0.29) is 12.6 Å². The number of benzene rings is 1. The molecule has 0 spiro atoms. The molecule has 1 aliphatic heterocycles. The summed E-state index contributed by atoms with van der Waals surface area (Å²) in [5.41, 5.74) is 6.26. The molecule has 19 heavy (non-hydrogen) atoms. The summed E-state index contributed by atoms with van der Waals surface area (Å²) < 4.78 is 5.27. The number of piperidine rings is 1. The zero-order valence-electron chi connectivity index (χ0n) is 10.5. The number of carbonyl (C=O) groups excluding carboxylic acids is 2. The van der Waals surface area contributed by atoms with Crippen LogP contribution >= 0.6 is 0 Å². The van der Waals surface area contributed by atoms with Crippen LogP contribution in [0.25, 0.3) is 0 Å². The first-order chi connectivity index (χ1) is 9.16. The molecule has 0 bridgehead atoms. The average Bonchev–Trinajstić information content (AvgIpc) is 3.07. The molecule has 2 fully saturated rings. The molecule has 2 aliphatic rings. The number of amides is 2. The van der Waals surface area contributed by atoms with Crippen LogP contribution in [-0.4, -0.2) is 29.0 Å². The van der Waals surface area contributed by atoms with Crippen molar-refractivity contribution in [1.82, 2.24) is 4.90 Å². The molecular weight excluding hydrogens is 244 g/mol. The predicted octanol–water partition coefficient (Wildman–Crippen LogP) is 1.27. The van der Waals surface area contributed by atoms with E-state index in [0.717, 1.165) is 12.0 Å². The Kier molecular flexibility index (Phi) is 2.89. The van der Waals surface area contributed by atoms with E-state index in [1.54, 1.807) is 0 Å². The molecule has 0 radical (unpaired) electrons. The van der Waals surface area contributed by atoms with Crippen LogP contribution in [0.1, 0.15) is 18.4 Å². The van der Waals surface area contributed by atoms with E-state index in [9.17, 15) is 9.59 Å². The molecule has 2 amide bonds. The number of nitrogens with zero attached hydrogens (tertiary/aromatic N) is 1. The van der Waals surface area contributed by atoms with Crippen molar-refractivity contribution >= 4 is 12.0 Å². The molecule has 1 aromatic carbocycles. The fraction of sp³-hybridized carbons (Fsp3) is 0.429. The Hall–Kier alpha value is -2.04. The smallest absolute Gasteiger partial charge is 0.411 e. The summed E-state index contributed by atoms with van der Waals surface area (Å²) in [7, 11) is 0. The van der Waals surface area contributed by atoms with Gasteiger partial charge in [0.1, 0.15) is 12.6 Å². The molecule has 5 heteroatoms. The number of rotatable bonds is 3. The Morgan fingerprint density at radius 2 is 2.00 bits per heavy atom. The number of primary amides is 1. The summed E-state index contributed by atoms with van der Waals surface area (Å²) >= 11 is 0. The third-order valence-electron chi connectivity index (χ3n) is 3.85. The van der Waals surface area contributed by atoms with Gasteiger partial charge < -0.3 is 10.5 Å². The van der Waals surface area contributed by atoms with Gasteiger partial charge in [-0.25, -0.2) is 4.79 Å². The maximum absolute atomic E-state index is 12.1. The molecule has 1 saturated carbocycles. The van der Waals surface area contributed by atoms with Crippen molar-refractivity contribution in [3.63, 3.8) is 0 Å².